The number of ether oxygens (including phenoxy) is 1. The molecule has 0 saturated heterocycles. The van der Waals surface area contributed by atoms with Crippen LogP contribution in [0.15, 0.2) is 37.0 Å². The highest BCUT2D eigenvalue weighted by molar-refractivity contribution is 9.11. The first-order valence-corrected chi connectivity index (χ1v) is 9.90. The van der Waals surface area contributed by atoms with Crippen molar-refractivity contribution in [2.75, 3.05) is 6.54 Å². The van der Waals surface area contributed by atoms with Crippen LogP contribution in [0.5, 0.6) is 5.75 Å². The molecule has 2 nitrogen and oxygen atoms in total. The van der Waals surface area contributed by atoms with Crippen LogP contribution >= 0.6 is 59.1 Å². The molecule has 0 unspecified atom stereocenters. The van der Waals surface area contributed by atoms with Gasteiger partial charge in [-0.15, -0.1) is 11.3 Å². The van der Waals surface area contributed by atoms with Crippen molar-refractivity contribution >= 4 is 59.1 Å². The Morgan fingerprint density at radius 3 is 2.43 bits per heavy atom. The quantitative estimate of drug-likeness (QED) is 0.466. The summed E-state index contributed by atoms with van der Waals surface area (Å²) >= 11 is 12.3. The van der Waals surface area contributed by atoms with Crippen LogP contribution in [0.4, 0.5) is 0 Å². The first kappa shape index (κ1) is 17.5. The largest absolute Gasteiger partial charge is 0.486 e. The van der Waals surface area contributed by atoms with E-state index in [0.29, 0.717) is 6.61 Å². The molecule has 6 heteroatoms. The summed E-state index contributed by atoms with van der Waals surface area (Å²) in [5.74, 6) is 0.846. The van der Waals surface area contributed by atoms with Gasteiger partial charge in [0.2, 0.25) is 0 Å². The van der Waals surface area contributed by atoms with Crippen LogP contribution in [0.25, 0.3) is 0 Å². The zero-order chi connectivity index (χ0) is 15.2. The van der Waals surface area contributed by atoms with E-state index in [1.807, 2.05) is 0 Å². The maximum absolute atomic E-state index is 5.92. The van der Waals surface area contributed by atoms with E-state index in [1.165, 1.54) is 10.4 Å². The Bertz CT molecular complexity index is 577. The van der Waals surface area contributed by atoms with Gasteiger partial charge in [-0.2, -0.15) is 0 Å². The van der Waals surface area contributed by atoms with Crippen molar-refractivity contribution in [1.82, 2.24) is 5.32 Å². The van der Waals surface area contributed by atoms with Crippen molar-refractivity contribution in [3.05, 3.63) is 47.4 Å². The number of benzene rings is 1. The van der Waals surface area contributed by atoms with Gasteiger partial charge in [-0.3, -0.25) is 0 Å². The Morgan fingerprint density at radius 1 is 1.14 bits per heavy atom. The molecule has 0 aliphatic rings. The highest BCUT2D eigenvalue weighted by Gasteiger charge is 2.10. The fourth-order valence-electron chi connectivity index (χ4n) is 1.83. The van der Waals surface area contributed by atoms with Crippen LogP contribution in [0.2, 0.25) is 0 Å². The molecule has 0 fully saturated rings. The fraction of sp³-hybridized carbons (Fsp3) is 0.333. The summed E-state index contributed by atoms with van der Waals surface area (Å²) in [6.45, 7) is 4.63. The molecular weight excluding hydrogens is 482 g/mol. The molecule has 1 aromatic carbocycles. The molecule has 21 heavy (non-hydrogen) atoms. The highest BCUT2D eigenvalue weighted by Crippen LogP contribution is 2.35. The number of hydrogen-bond acceptors (Lipinski definition) is 3. The van der Waals surface area contributed by atoms with E-state index in [1.54, 1.807) is 11.3 Å². The third-order valence-electron chi connectivity index (χ3n) is 2.79. The van der Waals surface area contributed by atoms with Gasteiger partial charge >= 0.3 is 0 Å². The van der Waals surface area contributed by atoms with E-state index < -0.39 is 0 Å². The fourth-order valence-corrected chi connectivity index (χ4v) is 4.71. The van der Waals surface area contributed by atoms with Gasteiger partial charge in [-0.25, -0.2) is 0 Å². The van der Waals surface area contributed by atoms with Crippen LogP contribution in [0.1, 0.15) is 23.8 Å². The van der Waals surface area contributed by atoms with Gasteiger partial charge in [0.1, 0.15) is 12.4 Å². The minimum Gasteiger partial charge on any atom is -0.486 e. The molecule has 0 amide bonds. The lowest BCUT2D eigenvalue weighted by Gasteiger charge is -2.12. The number of nitrogens with one attached hydrogen (secondary N) is 1. The van der Waals surface area contributed by atoms with E-state index in [-0.39, 0.29) is 0 Å². The minimum atomic E-state index is 0.570. The molecule has 0 spiro atoms. The van der Waals surface area contributed by atoms with Gasteiger partial charge in [0.05, 0.1) is 8.95 Å². The monoisotopic (exact) mass is 495 g/mol. The molecule has 0 bridgehead atoms. The zero-order valence-electron chi connectivity index (χ0n) is 11.6. The summed E-state index contributed by atoms with van der Waals surface area (Å²) < 4.78 is 8.97. The molecule has 0 aliphatic heterocycles. The average Bonchev–Trinajstić information content (AvgIpc) is 2.84. The zero-order valence-corrected chi connectivity index (χ0v) is 17.2. The summed E-state index contributed by atoms with van der Waals surface area (Å²) in [4.78, 5) is 1.19. The third kappa shape index (κ3) is 5.36. The molecule has 2 aromatic rings. The van der Waals surface area contributed by atoms with Crippen LogP contribution in [-0.4, -0.2) is 6.54 Å². The van der Waals surface area contributed by atoms with Gasteiger partial charge in [-0.05, 0) is 84.5 Å². The van der Waals surface area contributed by atoms with Crippen LogP contribution in [-0.2, 0) is 13.2 Å². The van der Waals surface area contributed by atoms with Crippen molar-refractivity contribution in [1.29, 1.82) is 0 Å². The minimum absolute atomic E-state index is 0.570. The van der Waals surface area contributed by atoms with Crippen molar-refractivity contribution in [2.45, 2.75) is 26.5 Å². The maximum Gasteiger partial charge on any atom is 0.148 e. The standard InChI is InChI=1S/C15H16Br3NOS/c1-2-3-19-7-10-4-13(17)15(14(18)5-10)20-8-12-6-11(16)9-21-12/h4-6,9,19H,2-3,7-8H2,1H3. The number of thiophene rings is 1. The Hall–Kier alpha value is 0.120. The number of halogens is 3. The molecular formula is C15H16Br3NOS. The van der Waals surface area contributed by atoms with Crippen LogP contribution in [0.3, 0.4) is 0 Å². The lowest BCUT2D eigenvalue weighted by Crippen LogP contribution is -2.13. The first-order valence-electron chi connectivity index (χ1n) is 6.64. The Balaban J connectivity index is 2.02. The summed E-state index contributed by atoms with van der Waals surface area (Å²) in [6, 6.07) is 6.29. The maximum atomic E-state index is 5.92. The molecule has 1 heterocycles. The average molecular weight is 498 g/mol. The van der Waals surface area contributed by atoms with Crippen molar-refractivity contribution in [2.24, 2.45) is 0 Å². The van der Waals surface area contributed by atoms with Crippen molar-refractivity contribution < 1.29 is 4.74 Å². The number of rotatable bonds is 7. The van der Waals surface area contributed by atoms with E-state index in [0.717, 1.165) is 38.7 Å². The van der Waals surface area contributed by atoms with Crippen molar-refractivity contribution in [3.8, 4) is 5.75 Å². The van der Waals surface area contributed by atoms with E-state index in [4.69, 9.17) is 4.74 Å². The molecule has 0 atom stereocenters. The van der Waals surface area contributed by atoms with Gasteiger partial charge < -0.3 is 10.1 Å². The lowest BCUT2D eigenvalue weighted by atomic mass is 10.2. The van der Waals surface area contributed by atoms with E-state index >= 15 is 0 Å². The lowest BCUT2D eigenvalue weighted by molar-refractivity contribution is 0.305. The van der Waals surface area contributed by atoms with Gasteiger partial charge in [-0.1, -0.05) is 6.92 Å². The second-order valence-corrected chi connectivity index (χ2v) is 8.21. The van der Waals surface area contributed by atoms with Crippen LogP contribution in [0, 0.1) is 0 Å². The van der Waals surface area contributed by atoms with Crippen molar-refractivity contribution in [3.63, 3.8) is 0 Å². The highest BCUT2D eigenvalue weighted by atomic mass is 79.9. The van der Waals surface area contributed by atoms with Gasteiger partial charge in [0.25, 0.3) is 0 Å². The summed E-state index contributed by atoms with van der Waals surface area (Å²) in [5, 5.41) is 5.46. The Kier molecular flexibility index (Phi) is 7.22. The predicted octanol–water partition coefficient (Wildman–Crippen LogP) is 6.11. The Morgan fingerprint density at radius 2 is 1.86 bits per heavy atom. The molecule has 114 valence electrons. The predicted molar refractivity (Wildman–Crippen MR) is 100 cm³/mol. The number of hydrogen-bond donors (Lipinski definition) is 1. The first-order chi connectivity index (χ1) is 10.1. The summed E-state index contributed by atoms with van der Waals surface area (Å²) in [6.07, 6.45) is 1.14. The van der Waals surface area contributed by atoms with E-state index in [9.17, 15) is 0 Å². The second kappa shape index (κ2) is 8.67. The van der Waals surface area contributed by atoms with Crippen LogP contribution < -0.4 is 10.1 Å². The normalized spacial score (nSPS) is 10.9. The second-order valence-electron chi connectivity index (χ2n) is 4.59. The molecule has 1 N–H and O–H groups in total. The molecule has 0 radical (unpaired) electrons. The SMILES string of the molecule is CCCNCc1cc(Br)c(OCc2cc(Br)cs2)c(Br)c1. The molecule has 0 aliphatic carbocycles. The third-order valence-corrected chi connectivity index (χ3v) is 5.64. The summed E-state index contributed by atoms with van der Waals surface area (Å²) in [7, 11) is 0. The topological polar surface area (TPSA) is 21.3 Å². The molecule has 2 rings (SSSR count). The molecule has 0 saturated carbocycles. The van der Waals surface area contributed by atoms with Gasteiger partial charge in [0.15, 0.2) is 0 Å². The van der Waals surface area contributed by atoms with E-state index in [2.05, 4.69) is 83.6 Å². The molecule has 1 aromatic heterocycles. The van der Waals surface area contributed by atoms with Gasteiger partial charge in [0, 0.05) is 21.3 Å². The summed E-state index contributed by atoms with van der Waals surface area (Å²) in [5.41, 5.74) is 1.23. The smallest absolute Gasteiger partial charge is 0.148 e. The Labute approximate surface area is 154 Å².